The largest absolute Gasteiger partial charge is 0.391 e. The molecule has 1 aliphatic rings. The van der Waals surface area contributed by atoms with Crippen LogP contribution < -0.4 is 11.1 Å². The summed E-state index contributed by atoms with van der Waals surface area (Å²) in [7, 11) is 0. The molecule has 2 amide bonds. The Morgan fingerprint density at radius 3 is 2.44 bits per heavy atom. The predicted molar refractivity (Wildman–Crippen MR) is 130 cm³/mol. The Morgan fingerprint density at radius 1 is 1.28 bits per heavy atom. The average Bonchev–Trinajstić information content (AvgIpc) is 3.31. The summed E-state index contributed by atoms with van der Waals surface area (Å²) in [6.07, 6.45) is -0.519. The van der Waals surface area contributed by atoms with E-state index in [4.69, 9.17) is 5.73 Å². The van der Waals surface area contributed by atoms with Crippen LogP contribution in [0.15, 0.2) is 29.8 Å². The van der Waals surface area contributed by atoms with Crippen LogP contribution in [0.5, 0.6) is 0 Å². The number of carbonyl (C=O) groups excluding carboxylic acids is 2. The standard InChI is InChI=1S/C23H32N4O3S.ClH/c1-13(15-6-8-16(9-7-15)19-14(2)25-12-31-19)26-21(29)18-10-17(28)11-27(18)22(30)20(24)23(3,4)5;/h6-9,12-13,17-18,20,28H,10-11,24H2,1-5H3,(H,26,29);1H/t13-,17+,18?,20+;/m0./s1. The lowest BCUT2D eigenvalue weighted by atomic mass is 9.86. The summed E-state index contributed by atoms with van der Waals surface area (Å²) in [5.41, 5.74) is 10.6. The number of rotatable bonds is 5. The molecule has 0 spiro atoms. The number of nitrogens with one attached hydrogen (secondary N) is 1. The third-order valence-electron chi connectivity index (χ3n) is 5.84. The summed E-state index contributed by atoms with van der Waals surface area (Å²) in [6.45, 7) is 9.67. The van der Waals surface area contributed by atoms with Crippen LogP contribution in [0.25, 0.3) is 10.4 Å². The zero-order valence-corrected chi connectivity index (χ0v) is 20.8. The molecule has 1 aromatic carbocycles. The summed E-state index contributed by atoms with van der Waals surface area (Å²) >= 11 is 1.60. The van der Waals surface area contributed by atoms with Gasteiger partial charge in [-0.2, -0.15) is 0 Å². The molecule has 1 unspecified atom stereocenters. The molecule has 0 radical (unpaired) electrons. The van der Waals surface area contributed by atoms with E-state index in [1.807, 2.05) is 64.4 Å². The van der Waals surface area contributed by atoms with Crippen molar-refractivity contribution in [2.75, 3.05) is 6.54 Å². The Kier molecular flexibility index (Phi) is 8.44. The van der Waals surface area contributed by atoms with Crippen LogP contribution in [0.4, 0.5) is 0 Å². The van der Waals surface area contributed by atoms with Crippen molar-refractivity contribution in [3.63, 3.8) is 0 Å². The smallest absolute Gasteiger partial charge is 0.243 e. The first-order valence-corrected chi connectivity index (χ1v) is 11.4. The Hall–Kier alpha value is -2.00. The van der Waals surface area contributed by atoms with Gasteiger partial charge in [0.25, 0.3) is 0 Å². The number of aliphatic hydroxyl groups excluding tert-OH is 1. The van der Waals surface area contributed by atoms with Gasteiger partial charge in [-0.1, -0.05) is 45.0 Å². The Balaban J connectivity index is 0.00000363. The summed E-state index contributed by atoms with van der Waals surface area (Å²) in [4.78, 5) is 32.7. The number of halogens is 1. The van der Waals surface area contributed by atoms with E-state index in [1.165, 1.54) is 4.90 Å². The maximum Gasteiger partial charge on any atom is 0.243 e. The molecule has 9 heteroatoms. The average molecular weight is 481 g/mol. The molecular formula is C23H33ClN4O3S. The molecule has 0 aliphatic carbocycles. The van der Waals surface area contributed by atoms with E-state index in [0.717, 1.165) is 21.7 Å². The number of nitrogens with zero attached hydrogens (tertiary/aromatic N) is 2. The second-order valence-electron chi connectivity index (χ2n) is 9.36. The summed E-state index contributed by atoms with van der Waals surface area (Å²) in [6, 6.07) is 6.32. The number of hydrogen-bond donors (Lipinski definition) is 3. The quantitative estimate of drug-likeness (QED) is 0.609. The van der Waals surface area contributed by atoms with E-state index >= 15 is 0 Å². The van der Waals surface area contributed by atoms with Gasteiger partial charge >= 0.3 is 0 Å². The number of carbonyl (C=O) groups is 2. The van der Waals surface area contributed by atoms with Crippen molar-refractivity contribution >= 4 is 35.6 Å². The van der Waals surface area contributed by atoms with Gasteiger partial charge in [0.05, 0.1) is 34.3 Å². The molecule has 2 aromatic rings. The van der Waals surface area contributed by atoms with Gasteiger partial charge in [-0.25, -0.2) is 4.98 Å². The highest BCUT2D eigenvalue weighted by atomic mass is 35.5. The van der Waals surface area contributed by atoms with Crippen molar-refractivity contribution < 1.29 is 14.7 Å². The summed E-state index contributed by atoms with van der Waals surface area (Å²) in [5, 5.41) is 13.1. The predicted octanol–water partition coefficient (Wildman–Crippen LogP) is 3.05. The first-order chi connectivity index (χ1) is 14.5. The molecule has 1 aromatic heterocycles. The third kappa shape index (κ3) is 5.67. The van der Waals surface area contributed by atoms with Crippen molar-refractivity contribution in [3.8, 4) is 10.4 Å². The third-order valence-corrected chi connectivity index (χ3v) is 6.82. The van der Waals surface area contributed by atoms with Gasteiger partial charge in [0.1, 0.15) is 6.04 Å². The number of thiazole rings is 1. The molecular weight excluding hydrogens is 448 g/mol. The highest BCUT2D eigenvalue weighted by Gasteiger charge is 2.42. The molecule has 1 fully saturated rings. The maximum absolute atomic E-state index is 13.0. The van der Waals surface area contributed by atoms with Crippen molar-refractivity contribution in [2.45, 2.75) is 65.3 Å². The normalized spacial score (nSPS) is 20.4. The van der Waals surface area contributed by atoms with E-state index in [-0.39, 0.29) is 43.2 Å². The van der Waals surface area contributed by atoms with E-state index in [0.29, 0.717) is 0 Å². The summed E-state index contributed by atoms with van der Waals surface area (Å²) in [5.74, 6) is -0.581. The zero-order valence-electron chi connectivity index (χ0n) is 19.2. The SMILES string of the molecule is Cc1ncsc1-c1ccc([C@H](C)NC(=O)C2C[C@@H](O)CN2C(=O)[C@@H](N)C(C)(C)C)cc1.Cl. The number of aryl methyl sites for hydroxylation is 1. The van der Waals surface area contributed by atoms with Gasteiger partial charge in [-0.15, -0.1) is 23.7 Å². The Morgan fingerprint density at radius 2 is 1.91 bits per heavy atom. The van der Waals surface area contributed by atoms with Crippen LogP contribution in [0.1, 0.15) is 51.4 Å². The number of aromatic nitrogens is 1. The molecule has 32 heavy (non-hydrogen) atoms. The molecule has 1 aliphatic heterocycles. The van der Waals surface area contributed by atoms with E-state index < -0.39 is 23.6 Å². The number of benzene rings is 1. The van der Waals surface area contributed by atoms with E-state index in [2.05, 4.69) is 10.3 Å². The highest BCUT2D eigenvalue weighted by molar-refractivity contribution is 7.13. The molecule has 1 saturated heterocycles. The molecule has 0 bridgehead atoms. The van der Waals surface area contributed by atoms with E-state index in [1.54, 1.807) is 11.3 Å². The minimum absolute atomic E-state index is 0. The zero-order chi connectivity index (χ0) is 22.9. The minimum Gasteiger partial charge on any atom is -0.391 e. The Bertz CT molecular complexity index is 941. The monoisotopic (exact) mass is 480 g/mol. The molecule has 2 heterocycles. The number of amides is 2. The van der Waals surface area contributed by atoms with Gasteiger partial charge < -0.3 is 21.1 Å². The molecule has 4 N–H and O–H groups in total. The van der Waals surface area contributed by atoms with Gasteiger partial charge in [-0.3, -0.25) is 9.59 Å². The second kappa shape index (κ2) is 10.3. The maximum atomic E-state index is 13.0. The van der Waals surface area contributed by atoms with Crippen molar-refractivity contribution in [1.82, 2.24) is 15.2 Å². The molecule has 4 atom stereocenters. The minimum atomic E-state index is -0.742. The van der Waals surface area contributed by atoms with Crippen LogP contribution in [0.2, 0.25) is 0 Å². The van der Waals surface area contributed by atoms with E-state index in [9.17, 15) is 14.7 Å². The fraction of sp³-hybridized carbons (Fsp3) is 0.522. The first-order valence-electron chi connectivity index (χ1n) is 10.5. The first kappa shape index (κ1) is 26.3. The van der Waals surface area contributed by atoms with Crippen LogP contribution in [-0.4, -0.2) is 51.5 Å². The van der Waals surface area contributed by atoms with Crippen molar-refractivity contribution in [2.24, 2.45) is 11.1 Å². The number of nitrogens with two attached hydrogens (primary N) is 1. The molecule has 3 rings (SSSR count). The van der Waals surface area contributed by atoms with Gasteiger partial charge in [0.2, 0.25) is 11.8 Å². The molecule has 0 saturated carbocycles. The highest BCUT2D eigenvalue weighted by Crippen LogP contribution is 2.29. The van der Waals surface area contributed by atoms with Crippen LogP contribution >= 0.6 is 23.7 Å². The second-order valence-corrected chi connectivity index (χ2v) is 10.2. The number of aliphatic hydroxyl groups is 1. The topological polar surface area (TPSA) is 109 Å². The van der Waals surface area contributed by atoms with Crippen LogP contribution in [-0.2, 0) is 9.59 Å². The number of hydrogen-bond acceptors (Lipinski definition) is 6. The fourth-order valence-electron chi connectivity index (χ4n) is 3.75. The lowest BCUT2D eigenvalue weighted by Gasteiger charge is -2.32. The number of β-amino-alcohol motifs (C(OH)–C–C–N with tert-alkyl or cyclic N) is 1. The van der Waals surface area contributed by atoms with Gasteiger partial charge in [0, 0.05) is 13.0 Å². The van der Waals surface area contributed by atoms with Crippen molar-refractivity contribution in [1.29, 1.82) is 0 Å². The van der Waals surface area contributed by atoms with Crippen LogP contribution in [0, 0.1) is 12.3 Å². The molecule has 7 nitrogen and oxygen atoms in total. The van der Waals surface area contributed by atoms with Crippen molar-refractivity contribution in [3.05, 3.63) is 41.0 Å². The van der Waals surface area contributed by atoms with Gasteiger partial charge in [0.15, 0.2) is 0 Å². The fourth-order valence-corrected chi connectivity index (χ4v) is 4.56. The van der Waals surface area contributed by atoms with Gasteiger partial charge in [-0.05, 0) is 30.4 Å². The number of likely N-dealkylation sites (tertiary alicyclic amines) is 1. The Labute approximate surface area is 199 Å². The van der Waals surface area contributed by atoms with Crippen LogP contribution in [0.3, 0.4) is 0 Å². The summed E-state index contributed by atoms with van der Waals surface area (Å²) < 4.78 is 0. The molecule has 176 valence electrons. The lowest BCUT2D eigenvalue weighted by molar-refractivity contribution is -0.141. The lowest BCUT2D eigenvalue weighted by Crippen LogP contribution is -2.55.